The molecular formula is C28H35NO7. The van der Waals surface area contributed by atoms with Gasteiger partial charge in [-0.2, -0.15) is 0 Å². The summed E-state index contributed by atoms with van der Waals surface area (Å²) >= 11 is 0. The number of carbonyl (C=O) groups is 2. The normalized spacial score (nSPS) is 17.1. The number of aliphatic hydroxyl groups is 1. The molecule has 8 nitrogen and oxygen atoms in total. The highest BCUT2D eigenvalue weighted by atomic mass is 16.5. The number of amides is 1. The first-order chi connectivity index (χ1) is 17.3. The van der Waals surface area contributed by atoms with Crippen LogP contribution in [0.5, 0.6) is 17.2 Å². The number of benzene rings is 2. The summed E-state index contributed by atoms with van der Waals surface area (Å²) < 4.78 is 22.1. The minimum Gasteiger partial charge on any atom is -0.507 e. The van der Waals surface area contributed by atoms with Crippen molar-refractivity contribution >= 4 is 17.4 Å². The van der Waals surface area contributed by atoms with Crippen LogP contribution >= 0.6 is 0 Å². The van der Waals surface area contributed by atoms with Gasteiger partial charge in [0.25, 0.3) is 11.7 Å². The molecule has 1 aliphatic heterocycles. The van der Waals surface area contributed by atoms with E-state index in [1.807, 2.05) is 20.8 Å². The second kappa shape index (κ2) is 12.4. The topological polar surface area (TPSA) is 94.5 Å². The number of ether oxygens (including phenoxy) is 4. The molecule has 1 heterocycles. The number of Topliss-reactive ketones (excluding diaryl/α,β-unsaturated/α-hetero) is 1. The molecule has 2 aromatic carbocycles. The molecule has 2 aromatic rings. The van der Waals surface area contributed by atoms with E-state index in [-0.39, 0.29) is 24.0 Å². The molecule has 1 unspecified atom stereocenters. The Balaban J connectivity index is 2.08. The summed E-state index contributed by atoms with van der Waals surface area (Å²) in [5.41, 5.74) is 1.08. The average molecular weight is 498 g/mol. The van der Waals surface area contributed by atoms with E-state index in [9.17, 15) is 14.7 Å². The molecule has 1 amide bonds. The largest absolute Gasteiger partial charge is 0.507 e. The second-order valence-electron chi connectivity index (χ2n) is 8.79. The molecule has 1 fully saturated rings. The van der Waals surface area contributed by atoms with Crippen LogP contribution < -0.4 is 14.2 Å². The zero-order valence-electron chi connectivity index (χ0n) is 21.6. The zero-order chi connectivity index (χ0) is 26.2. The van der Waals surface area contributed by atoms with Crippen molar-refractivity contribution in [3.63, 3.8) is 0 Å². The Hall–Kier alpha value is -3.52. The van der Waals surface area contributed by atoms with Crippen molar-refractivity contribution in [1.82, 2.24) is 4.90 Å². The van der Waals surface area contributed by atoms with Crippen LogP contribution in [0.3, 0.4) is 0 Å². The molecule has 0 radical (unpaired) electrons. The third-order valence-corrected chi connectivity index (χ3v) is 5.75. The predicted molar refractivity (Wildman–Crippen MR) is 136 cm³/mol. The van der Waals surface area contributed by atoms with Gasteiger partial charge in [-0.25, -0.2) is 0 Å². The van der Waals surface area contributed by atoms with Crippen molar-refractivity contribution in [3.05, 3.63) is 59.2 Å². The number of hydrogen-bond donors (Lipinski definition) is 1. The second-order valence-corrected chi connectivity index (χ2v) is 8.79. The molecule has 0 aromatic heterocycles. The minimum absolute atomic E-state index is 0.0271. The molecule has 194 valence electrons. The summed E-state index contributed by atoms with van der Waals surface area (Å²) in [6.07, 6.45) is 1.35. The average Bonchev–Trinajstić information content (AvgIpc) is 3.12. The van der Waals surface area contributed by atoms with E-state index in [1.165, 1.54) is 12.0 Å². The molecule has 36 heavy (non-hydrogen) atoms. The molecule has 0 saturated carbocycles. The lowest BCUT2D eigenvalue weighted by Crippen LogP contribution is -2.31. The fourth-order valence-corrected chi connectivity index (χ4v) is 4.13. The van der Waals surface area contributed by atoms with Crippen molar-refractivity contribution < 1.29 is 33.6 Å². The highest BCUT2D eigenvalue weighted by molar-refractivity contribution is 6.46. The van der Waals surface area contributed by atoms with Crippen LogP contribution in [0, 0.1) is 0 Å². The number of methoxy groups -OCH3 is 2. The maximum atomic E-state index is 13.2. The number of likely N-dealkylation sites (tertiary alicyclic amines) is 1. The SMILES string of the molecule is CCCOc1ccc(/C(O)=C2/C(=O)C(=O)N(CCCOC)C2c2ccc(OC(C)C)c(OC)c2)cc1. The third-order valence-electron chi connectivity index (χ3n) is 5.75. The quantitative estimate of drug-likeness (QED) is 0.196. The smallest absolute Gasteiger partial charge is 0.295 e. The fourth-order valence-electron chi connectivity index (χ4n) is 4.13. The first-order valence-corrected chi connectivity index (χ1v) is 12.2. The Bertz CT molecular complexity index is 1090. The number of nitrogens with zero attached hydrogens (tertiary/aromatic N) is 1. The van der Waals surface area contributed by atoms with E-state index in [0.717, 1.165) is 6.42 Å². The van der Waals surface area contributed by atoms with Crippen LogP contribution in [0.15, 0.2) is 48.0 Å². The first kappa shape index (κ1) is 27.1. The van der Waals surface area contributed by atoms with E-state index >= 15 is 0 Å². The molecule has 1 atom stereocenters. The molecule has 0 bridgehead atoms. The summed E-state index contributed by atoms with van der Waals surface area (Å²) in [5, 5.41) is 11.3. The van der Waals surface area contributed by atoms with Gasteiger partial charge in [0, 0.05) is 25.8 Å². The van der Waals surface area contributed by atoms with Gasteiger partial charge in [-0.05, 0) is 68.7 Å². The van der Waals surface area contributed by atoms with Gasteiger partial charge in [0.15, 0.2) is 11.5 Å². The van der Waals surface area contributed by atoms with Crippen LogP contribution in [-0.4, -0.2) is 61.8 Å². The standard InChI is InChI=1S/C28H35NO7/c1-6-15-35-21-11-8-19(9-12-21)26(30)24-25(29(14-7-16-33-4)28(32)27(24)31)20-10-13-22(36-18(2)3)23(17-20)34-5/h8-13,17-18,25,30H,6-7,14-16H2,1-5H3/b26-24-. The van der Waals surface area contributed by atoms with Crippen molar-refractivity contribution in [2.24, 2.45) is 0 Å². The Labute approximate surface area is 212 Å². The molecule has 1 N–H and O–H groups in total. The maximum absolute atomic E-state index is 13.2. The van der Waals surface area contributed by atoms with Gasteiger partial charge in [-0.15, -0.1) is 0 Å². The number of rotatable bonds is 12. The highest BCUT2D eigenvalue weighted by Gasteiger charge is 2.46. The van der Waals surface area contributed by atoms with E-state index < -0.39 is 17.7 Å². The van der Waals surface area contributed by atoms with Gasteiger partial charge >= 0.3 is 0 Å². The fraction of sp³-hybridized carbons (Fsp3) is 0.429. The number of aliphatic hydroxyl groups excluding tert-OH is 1. The lowest BCUT2D eigenvalue weighted by atomic mass is 9.95. The zero-order valence-corrected chi connectivity index (χ0v) is 21.6. The van der Waals surface area contributed by atoms with Crippen molar-refractivity contribution in [2.45, 2.75) is 45.8 Å². The summed E-state index contributed by atoms with van der Waals surface area (Å²) in [7, 11) is 3.11. The lowest BCUT2D eigenvalue weighted by Gasteiger charge is -2.26. The summed E-state index contributed by atoms with van der Waals surface area (Å²) in [5.74, 6) is 0.0487. The molecule has 3 rings (SSSR count). The maximum Gasteiger partial charge on any atom is 0.295 e. The predicted octanol–water partition coefficient (Wildman–Crippen LogP) is 4.73. The van der Waals surface area contributed by atoms with Crippen molar-refractivity contribution in [1.29, 1.82) is 0 Å². The van der Waals surface area contributed by atoms with Crippen LogP contribution in [0.2, 0.25) is 0 Å². The van der Waals surface area contributed by atoms with E-state index in [4.69, 9.17) is 18.9 Å². The molecule has 0 spiro atoms. The lowest BCUT2D eigenvalue weighted by molar-refractivity contribution is -0.140. The molecule has 1 aliphatic rings. The number of carbonyl (C=O) groups excluding carboxylic acids is 2. The molecule has 8 heteroatoms. The highest BCUT2D eigenvalue weighted by Crippen LogP contribution is 2.42. The Morgan fingerprint density at radius 2 is 1.75 bits per heavy atom. The van der Waals surface area contributed by atoms with Crippen molar-refractivity contribution in [2.75, 3.05) is 34.0 Å². The summed E-state index contributed by atoms with van der Waals surface area (Å²) in [4.78, 5) is 27.8. The van der Waals surface area contributed by atoms with Gasteiger partial charge in [0.05, 0.1) is 31.4 Å². The van der Waals surface area contributed by atoms with E-state index in [2.05, 4.69) is 0 Å². The van der Waals surface area contributed by atoms with Crippen LogP contribution in [0.1, 0.15) is 50.8 Å². The third kappa shape index (κ3) is 5.99. The monoisotopic (exact) mass is 497 g/mol. The van der Waals surface area contributed by atoms with Crippen LogP contribution in [0.4, 0.5) is 0 Å². The first-order valence-electron chi connectivity index (χ1n) is 12.2. The van der Waals surface area contributed by atoms with Crippen LogP contribution in [-0.2, 0) is 14.3 Å². The Morgan fingerprint density at radius 1 is 1.03 bits per heavy atom. The van der Waals surface area contributed by atoms with Crippen molar-refractivity contribution in [3.8, 4) is 17.2 Å². The summed E-state index contributed by atoms with van der Waals surface area (Å²) in [6.45, 7) is 7.14. The van der Waals surface area contributed by atoms with E-state index in [1.54, 1.807) is 49.6 Å². The Morgan fingerprint density at radius 3 is 2.36 bits per heavy atom. The van der Waals surface area contributed by atoms with Crippen LogP contribution in [0.25, 0.3) is 5.76 Å². The Kier molecular flexibility index (Phi) is 9.36. The van der Waals surface area contributed by atoms with Gasteiger partial charge in [0.1, 0.15) is 11.5 Å². The van der Waals surface area contributed by atoms with E-state index in [0.29, 0.717) is 48.0 Å². The number of ketones is 1. The van der Waals surface area contributed by atoms with Gasteiger partial charge in [-0.3, -0.25) is 9.59 Å². The minimum atomic E-state index is -0.792. The summed E-state index contributed by atoms with van der Waals surface area (Å²) in [6, 6.07) is 11.3. The van der Waals surface area contributed by atoms with Gasteiger partial charge in [-0.1, -0.05) is 13.0 Å². The van der Waals surface area contributed by atoms with Gasteiger partial charge in [0.2, 0.25) is 0 Å². The molecular weight excluding hydrogens is 462 g/mol. The molecule has 1 saturated heterocycles. The number of hydrogen-bond acceptors (Lipinski definition) is 7. The molecule has 0 aliphatic carbocycles. The van der Waals surface area contributed by atoms with Gasteiger partial charge < -0.3 is 29.0 Å².